The lowest BCUT2D eigenvalue weighted by atomic mass is 10.2. The van der Waals surface area contributed by atoms with Crippen molar-refractivity contribution in [2.24, 2.45) is 0 Å². The third kappa shape index (κ3) is 1.67. The number of hydrogen-bond acceptors (Lipinski definition) is 5. The van der Waals surface area contributed by atoms with Crippen LogP contribution in [-0.4, -0.2) is 39.1 Å². The van der Waals surface area contributed by atoms with Crippen LogP contribution in [0.25, 0.3) is 11.0 Å². The lowest BCUT2D eigenvalue weighted by Gasteiger charge is -2.30. The SMILES string of the molecule is O=C(O)c1cnc2nc(N3CCC3)ncc2c1. The molecule has 2 aromatic heterocycles. The Hall–Kier alpha value is -2.24. The normalized spacial score (nSPS) is 14.7. The first-order chi connectivity index (χ1) is 8.24. The first-order valence-electron chi connectivity index (χ1n) is 5.35. The van der Waals surface area contributed by atoms with Crippen molar-refractivity contribution in [1.82, 2.24) is 15.0 Å². The van der Waals surface area contributed by atoms with E-state index < -0.39 is 5.97 Å². The predicted octanol–water partition coefficient (Wildman–Crippen LogP) is 0.933. The lowest BCUT2D eigenvalue weighted by Crippen LogP contribution is -2.38. The van der Waals surface area contributed by atoms with Crippen LogP contribution < -0.4 is 4.90 Å². The number of nitrogens with zero attached hydrogens (tertiary/aromatic N) is 4. The van der Waals surface area contributed by atoms with Crippen LogP contribution in [0.3, 0.4) is 0 Å². The minimum Gasteiger partial charge on any atom is -0.478 e. The zero-order valence-corrected chi connectivity index (χ0v) is 9.00. The Labute approximate surface area is 96.9 Å². The molecule has 3 heterocycles. The number of carbonyl (C=O) groups is 1. The fourth-order valence-corrected chi connectivity index (χ4v) is 1.70. The quantitative estimate of drug-likeness (QED) is 0.826. The molecular formula is C11H10N4O2. The van der Waals surface area contributed by atoms with Crippen LogP contribution in [0, 0.1) is 0 Å². The molecule has 1 aliphatic rings. The molecular weight excluding hydrogens is 220 g/mol. The van der Waals surface area contributed by atoms with E-state index in [0.29, 0.717) is 17.0 Å². The van der Waals surface area contributed by atoms with Crippen molar-refractivity contribution in [3.8, 4) is 0 Å². The van der Waals surface area contributed by atoms with E-state index in [1.807, 2.05) is 0 Å². The molecule has 1 saturated heterocycles. The van der Waals surface area contributed by atoms with Gasteiger partial charge in [0.1, 0.15) is 0 Å². The first kappa shape index (κ1) is 9.95. The highest BCUT2D eigenvalue weighted by Crippen LogP contribution is 2.18. The van der Waals surface area contributed by atoms with Gasteiger partial charge in [-0.2, -0.15) is 4.98 Å². The van der Waals surface area contributed by atoms with Gasteiger partial charge in [-0.05, 0) is 12.5 Å². The molecule has 17 heavy (non-hydrogen) atoms. The number of anilines is 1. The van der Waals surface area contributed by atoms with E-state index in [2.05, 4.69) is 19.9 Å². The summed E-state index contributed by atoms with van der Waals surface area (Å²) in [6.45, 7) is 1.94. The molecule has 0 bridgehead atoms. The van der Waals surface area contributed by atoms with E-state index >= 15 is 0 Å². The van der Waals surface area contributed by atoms with Gasteiger partial charge in [0.15, 0.2) is 5.65 Å². The van der Waals surface area contributed by atoms with Gasteiger partial charge in [-0.25, -0.2) is 14.8 Å². The third-order valence-electron chi connectivity index (χ3n) is 2.81. The van der Waals surface area contributed by atoms with Crippen molar-refractivity contribution < 1.29 is 9.90 Å². The fraction of sp³-hybridized carbons (Fsp3) is 0.273. The molecule has 0 radical (unpaired) electrons. The maximum Gasteiger partial charge on any atom is 0.337 e. The van der Waals surface area contributed by atoms with E-state index in [9.17, 15) is 4.79 Å². The summed E-state index contributed by atoms with van der Waals surface area (Å²) >= 11 is 0. The molecule has 0 unspecified atom stereocenters. The van der Waals surface area contributed by atoms with Crippen LogP contribution >= 0.6 is 0 Å². The van der Waals surface area contributed by atoms with Gasteiger partial charge in [0.05, 0.1) is 5.56 Å². The molecule has 0 aromatic carbocycles. The van der Waals surface area contributed by atoms with E-state index in [4.69, 9.17) is 5.11 Å². The van der Waals surface area contributed by atoms with E-state index in [0.717, 1.165) is 19.5 Å². The Morgan fingerprint density at radius 2 is 2.12 bits per heavy atom. The second kappa shape index (κ2) is 3.65. The van der Waals surface area contributed by atoms with Crippen LogP contribution in [-0.2, 0) is 0 Å². The van der Waals surface area contributed by atoms with Gasteiger partial charge in [0.25, 0.3) is 0 Å². The molecule has 1 aliphatic heterocycles. The third-order valence-corrected chi connectivity index (χ3v) is 2.81. The van der Waals surface area contributed by atoms with Crippen molar-refractivity contribution in [3.63, 3.8) is 0 Å². The molecule has 0 atom stereocenters. The van der Waals surface area contributed by atoms with Gasteiger partial charge >= 0.3 is 5.97 Å². The molecule has 6 nitrogen and oxygen atoms in total. The predicted molar refractivity (Wildman–Crippen MR) is 61.1 cm³/mol. The van der Waals surface area contributed by atoms with Crippen LogP contribution in [0.5, 0.6) is 0 Å². The minimum absolute atomic E-state index is 0.151. The number of aromatic carboxylic acids is 1. The van der Waals surface area contributed by atoms with E-state index in [1.165, 1.54) is 12.3 Å². The summed E-state index contributed by atoms with van der Waals surface area (Å²) < 4.78 is 0. The number of aromatic nitrogens is 3. The van der Waals surface area contributed by atoms with Gasteiger partial charge < -0.3 is 10.0 Å². The van der Waals surface area contributed by atoms with Crippen LogP contribution in [0.15, 0.2) is 18.5 Å². The van der Waals surface area contributed by atoms with Crippen LogP contribution in [0.2, 0.25) is 0 Å². The summed E-state index contributed by atoms with van der Waals surface area (Å²) in [5.74, 6) is -0.328. The largest absolute Gasteiger partial charge is 0.478 e. The molecule has 1 N–H and O–H groups in total. The van der Waals surface area contributed by atoms with Gasteiger partial charge in [0.2, 0.25) is 5.95 Å². The second-order valence-electron chi connectivity index (χ2n) is 3.95. The van der Waals surface area contributed by atoms with Gasteiger partial charge in [0, 0.05) is 30.9 Å². The first-order valence-corrected chi connectivity index (χ1v) is 5.35. The molecule has 0 aliphatic carbocycles. The average Bonchev–Trinajstić information content (AvgIpc) is 2.26. The van der Waals surface area contributed by atoms with Crippen molar-refractivity contribution >= 4 is 23.0 Å². The highest BCUT2D eigenvalue weighted by molar-refractivity contribution is 5.91. The summed E-state index contributed by atoms with van der Waals surface area (Å²) in [5, 5.41) is 9.49. The standard InChI is InChI=1S/C11H10N4O2/c16-10(17)8-4-7-5-13-11(15-2-1-3-15)14-9(7)12-6-8/h4-6H,1-3H2,(H,16,17). The number of rotatable bonds is 2. The van der Waals surface area contributed by atoms with Gasteiger partial charge in [-0.15, -0.1) is 0 Å². The summed E-state index contributed by atoms with van der Waals surface area (Å²) in [5.41, 5.74) is 0.685. The molecule has 2 aromatic rings. The molecule has 0 saturated carbocycles. The zero-order valence-electron chi connectivity index (χ0n) is 9.00. The Balaban J connectivity index is 2.05. The van der Waals surface area contributed by atoms with Gasteiger partial charge in [-0.1, -0.05) is 0 Å². The smallest absolute Gasteiger partial charge is 0.337 e. The van der Waals surface area contributed by atoms with Crippen LogP contribution in [0.4, 0.5) is 5.95 Å². The maximum absolute atomic E-state index is 10.8. The number of carboxylic acids is 1. The van der Waals surface area contributed by atoms with Gasteiger partial charge in [-0.3, -0.25) is 0 Å². The second-order valence-corrected chi connectivity index (χ2v) is 3.95. The number of fused-ring (bicyclic) bond motifs is 1. The maximum atomic E-state index is 10.8. The summed E-state index contributed by atoms with van der Waals surface area (Å²) in [4.78, 5) is 25.4. The molecule has 3 rings (SSSR count). The van der Waals surface area contributed by atoms with Crippen molar-refractivity contribution in [1.29, 1.82) is 0 Å². The van der Waals surface area contributed by atoms with E-state index in [1.54, 1.807) is 6.20 Å². The minimum atomic E-state index is -0.994. The van der Waals surface area contributed by atoms with E-state index in [-0.39, 0.29) is 5.56 Å². The Kier molecular flexibility index (Phi) is 2.14. The molecule has 0 spiro atoms. The topological polar surface area (TPSA) is 79.2 Å². The Morgan fingerprint density at radius 3 is 2.76 bits per heavy atom. The summed E-state index contributed by atoms with van der Waals surface area (Å²) in [6.07, 6.45) is 4.10. The number of hydrogen-bond donors (Lipinski definition) is 1. The fourth-order valence-electron chi connectivity index (χ4n) is 1.70. The lowest BCUT2D eigenvalue weighted by molar-refractivity contribution is 0.0696. The van der Waals surface area contributed by atoms with Crippen molar-refractivity contribution in [3.05, 3.63) is 24.0 Å². The molecule has 6 heteroatoms. The highest BCUT2D eigenvalue weighted by atomic mass is 16.4. The molecule has 86 valence electrons. The monoisotopic (exact) mass is 230 g/mol. The molecule has 1 fully saturated rings. The van der Waals surface area contributed by atoms with Crippen molar-refractivity contribution in [2.75, 3.05) is 18.0 Å². The summed E-state index contributed by atoms with van der Waals surface area (Å²) in [7, 11) is 0. The highest BCUT2D eigenvalue weighted by Gasteiger charge is 2.17. The van der Waals surface area contributed by atoms with Crippen LogP contribution in [0.1, 0.15) is 16.8 Å². The Morgan fingerprint density at radius 1 is 1.29 bits per heavy atom. The number of carboxylic acid groups (broad SMARTS) is 1. The van der Waals surface area contributed by atoms with Crippen molar-refractivity contribution in [2.45, 2.75) is 6.42 Å². The molecule has 0 amide bonds. The Bertz CT molecular complexity index is 595. The number of pyridine rings is 1. The average molecular weight is 230 g/mol. The summed E-state index contributed by atoms with van der Waals surface area (Å²) in [6, 6.07) is 1.53. The zero-order chi connectivity index (χ0) is 11.8.